The summed E-state index contributed by atoms with van der Waals surface area (Å²) in [6.07, 6.45) is 10.6. The molecule has 0 aliphatic carbocycles. The van der Waals surface area contributed by atoms with Gasteiger partial charge >= 0.3 is 0 Å². The number of hydrogen-bond acceptors (Lipinski definition) is 4. The van der Waals surface area contributed by atoms with Crippen LogP contribution >= 0.6 is 0 Å². The van der Waals surface area contributed by atoms with E-state index in [2.05, 4.69) is 48.1 Å². The topological polar surface area (TPSA) is 71.8 Å². The number of nitriles is 1. The van der Waals surface area contributed by atoms with Crippen LogP contribution in [-0.4, -0.2) is 24.1 Å². The Kier molecular flexibility index (Phi) is 4.44. The number of aromatic nitrogens is 5. The minimum Gasteiger partial charge on any atom is -0.307 e. The molecule has 0 saturated carbocycles. The van der Waals surface area contributed by atoms with Crippen LogP contribution in [0, 0.1) is 16.7 Å². The Morgan fingerprint density at radius 2 is 2.00 bits per heavy atom. The smallest absolute Gasteiger partial charge is 0.141 e. The zero-order valence-electron chi connectivity index (χ0n) is 16.3. The van der Waals surface area contributed by atoms with E-state index in [0.717, 1.165) is 41.0 Å². The number of hydrogen-bond donors (Lipinski definition) is 0. The molecule has 0 radical (unpaired) electrons. The molecule has 0 aliphatic rings. The highest BCUT2D eigenvalue weighted by Gasteiger charge is 2.18. The van der Waals surface area contributed by atoms with Crippen molar-refractivity contribution in [2.45, 2.75) is 33.7 Å². The van der Waals surface area contributed by atoms with Gasteiger partial charge in [0.15, 0.2) is 0 Å². The molecule has 28 heavy (non-hydrogen) atoms. The van der Waals surface area contributed by atoms with Crippen molar-refractivity contribution in [2.24, 2.45) is 5.41 Å². The molecule has 0 N–H and O–H groups in total. The molecule has 6 nitrogen and oxygen atoms in total. The van der Waals surface area contributed by atoms with Gasteiger partial charge in [-0.25, -0.2) is 9.97 Å². The van der Waals surface area contributed by atoms with Crippen molar-refractivity contribution in [1.29, 1.82) is 5.26 Å². The zero-order chi connectivity index (χ0) is 19.7. The first kappa shape index (κ1) is 17.9. The fraction of sp³-hybridized carbons (Fsp3) is 0.273. The maximum atomic E-state index is 9.32. The van der Waals surface area contributed by atoms with E-state index in [1.807, 2.05) is 45.9 Å². The predicted molar refractivity (Wildman–Crippen MR) is 108 cm³/mol. The minimum atomic E-state index is 0.181. The van der Waals surface area contributed by atoms with Crippen molar-refractivity contribution in [3.63, 3.8) is 0 Å². The maximum Gasteiger partial charge on any atom is 0.141 e. The molecule has 0 saturated heterocycles. The summed E-state index contributed by atoms with van der Waals surface area (Å²) in [5.74, 6) is 0. The van der Waals surface area contributed by atoms with Crippen LogP contribution in [0.1, 0.15) is 32.9 Å². The Morgan fingerprint density at radius 1 is 1.14 bits per heavy atom. The lowest BCUT2D eigenvalue weighted by Crippen LogP contribution is -2.18. The van der Waals surface area contributed by atoms with Gasteiger partial charge in [0.25, 0.3) is 0 Å². The molecule has 4 aromatic heterocycles. The predicted octanol–water partition coefficient (Wildman–Crippen LogP) is 4.57. The number of nitrogens with zero attached hydrogens (tertiary/aromatic N) is 6. The van der Waals surface area contributed by atoms with Crippen LogP contribution in [0.5, 0.6) is 0 Å². The summed E-state index contributed by atoms with van der Waals surface area (Å²) < 4.78 is 3.93. The van der Waals surface area contributed by atoms with E-state index in [0.29, 0.717) is 5.69 Å². The van der Waals surface area contributed by atoms with Crippen molar-refractivity contribution in [2.75, 3.05) is 0 Å². The highest BCUT2D eigenvalue weighted by Crippen LogP contribution is 2.32. The van der Waals surface area contributed by atoms with Crippen molar-refractivity contribution >= 4 is 5.65 Å². The fourth-order valence-electron chi connectivity index (χ4n) is 3.17. The molecule has 6 heteroatoms. The van der Waals surface area contributed by atoms with Gasteiger partial charge in [0.2, 0.25) is 0 Å². The average molecular weight is 370 g/mol. The molecule has 0 spiro atoms. The quantitative estimate of drug-likeness (QED) is 0.516. The third-order valence-electron chi connectivity index (χ3n) is 5.17. The molecule has 0 aliphatic heterocycles. The van der Waals surface area contributed by atoms with Crippen molar-refractivity contribution in [3.8, 4) is 28.5 Å². The van der Waals surface area contributed by atoms with Crippen molar-refractivity contribution < 1.29 is 0 Å². The SMILES string of the molecule is CCC(C)(C)Cn1cc(-c2ccc(C#N)nc2-c2ccn3ccnc3c2)cn1. The van der Waals surface area contributed by atoms with Gasteiger partial charge in [0.05, 0.1) is 11.9 Å². The van der Waals surface area contributed by atoms with Crippen LogP contribution in [0.25, 0.3) is 28.0 Å². The molecule has 0 amide bonds. The van der Waals surface area contributed by atoms with Crippen molar-refractivity contribution in [1.82, 2.24) is 24.1 Å². The lowest BCUT2D eigenvalue weighted by atomic mass is 9.90. The van der Waals surface area contributed by atoms with E-state index in [1.54, 1.807) is 12.3 Å². The number of rotatable bonds is 5. The van der Waals surface area contributed by atoms with E-state index in [1.165, 1.54) is 0 Å². The van der Waals surface area contributed by atoms with E-state index in [4.69, 9.17) is 0 Å². The van der Waals surface area contributed by atoms with Gasteiger partial charge in [0.1, 0.15) is 17.4 Å². The second-order valence-corrected chi connectivity index (χ2v) is 7.76. The van der Waals surface area contributed by atoms with Crippen LogP contribution in [0.2, 0.25) is 0 Å². The first-order valence-electron chi connectivity index (χ1n) is 9.36. The van der Waals surface area contributed by atoms with Crippen LogP contribution in [0.3, 0.4) is 0 Å². The molecule has 140 valence electrons. The van der Waals surface area contributed by atoms with Gasteiger partial charge < -0.3 is 4.40 Å². The molecule has 0 aromatic carbocycles. The van der Waals surface area contributed by atoms with Gasteiger partial charge in [-0.1, -0.05) is 20.8 Å². The lowest BCUT2D eigenvalue weighted by molar-refractivity contribution is 0.280. The van der Waals surface area contributed by atoms with Crippen LogP contribution in [0.4, 0.5) is 0 Å². The minimum absolute atomic E-state index is 0.181. The van der Waals surface area contributed by atoms with Gasteiger partial charge in [-0.15, -0.1) is 0 Å². The summed E-state index contributed by atoms with van der Waals surface area (Å²) in [4.78, 5) is 8.95. The first-order chi connectivity index (χ1) is 13.5. The third kappa shape index (κ3) is 3.39. The van der Waals surface area contributed by atoms with E-state index < -0.39 is 0 Å². The monoisotopic (exact) mass is 370 g/mol. The maximum absolute atomic E-state index is 9.32. The number of fused-ring (bicyclic) bond motifs is 1. The van der Waals surface area contributed by atoms with Gasteiger partial charge in [-0.05, 0) is 36.1 Å². The summed E-state index contributed by atoms with van der Waals surface area (Å²) in [7, 11) is 0. The summed E-state index contributed by atoms with van der Waals surface area (Å²) in [5.41, 5.74) is 5.04. The molecule has 4 rings (SSSR count). The highest BCUT2D eigenvalue weighted by atomic mass is 15.3. The van der Waals surface area contributed by atoms with Gasteiger partial charge in [0, 0.05) is 48.0 Å². The Hall–Kier alpha value is -3.46. The molecule has 4 heterocycles. The van der Waals surface area contributed by atoms with Crippen LogP contribution in [-0.2, 0) is 6.54 Å². The second-order valence-electron chi connectivity index (χ2n) is 7.76. The average Bonchev–Trinajstić information content (AvgIpc) is 3.35. The van der Waals surface area contributed by atoms with Gasteiger partial charge in [-0.2, -0.15) is 10.4 Å². The summed E-state index contributed by atoms with van der Waals surface area (Å²) >= 11 is 0. The largest absolute Gasteiger partial charge is 0.307 e. The molecule has 0 atom stereocenters. The summed E-state index contributed by atoms with van der Waals surface area (Å²) in [6, 6.07) is 9.81. The Bertz CT molecular complexity index is 1180. The zero-order valence-corrected chi connectivity index (χ0v) is 16.3. The molecule has 0 bridgehead atoms. The third-order valence-corrected chi connectivity index (χ3v) is 5.17. The molecule has 0 unspecified atom stereocenters. The Labute approximate surface area is 164 Å². The van der Waals surface area contributed by atoms with Crippen LogP contribution in [0.15, 0.2) is 55.2 Å². The second kappa shape index (κ2) is 6.93. The number of pyridine rings is 2. The molecular formula is C22H22N6. The highest BCUT2D eigenvalue weighted by molar-refractivity contribution is 5.81. The van der Waals surface area contributed by atoms with Crippen molar-refractivity contribution in [3.05, 3.63) is 60.9 Å². The van der Waals surface area contributed by atoms with Crippen LogP contribution < -0.4 is 0 Å². The Morgan fingerprint density at radius 3 is 2.79 bits per heavy atom. The lowest BCUT2D eigenvalue weighted by Gasteiger charge is -2.22. The van der Waals surface area contributed by atoms with E-state index in [-0.39, 0.29) is 5.41 Å². The molecular weight excluding hydrogens is 348 g/mol. The van der Waals surface area contributed by atoms with Gasteiger partial charge in [-0.3, -0.25) is 4.68 Å². The number of imidazole rings is 1. The standard InChI is InChI=1S/C22H22N6/c1-4-22(2,3)15-28-14-17(13-25-28)19-6-5-18(12-23)26-21(19)16-7-9-27-10-8-24-20(27)11-16/h5-11,13-14H,4,15H2,1-3H3. The fourth-order valence-corrected chi connectivity index (χ4v) is 3.17. The van der Waals surface area contributed by atoms with E-state index in [9.17, 15) is 5.26 Å². The summed E-state index contributed by atoms with van der Waals surface area (Å²) in [5, 5.41) is 13.9. The first-order valence-corrected chi connectivity index (χ1v) is 9.36. The molecule has 0 fully saturated rings. The van der Waals surface area contributed by atoms with E-state index >= 15 is 0 Å². The normalized spacial score (nSPS) is 11.6. The molecule has 4 aromatic rings. The summed E-state index contributed by atoms with van der Waals surface area (Å²) in [6.45, 7) is 7.52. The Balaban J connectivity index is 1.80.